The Morgan fingerprint density at radius 3 is 2.75 bits per heavy atom. The third-order valence-corrected chi connectivity index (χ3v) is 4.64. The van der Waals surface area contributed by atoms with Gasteiger partial charge in [-0.05, 0) is 44.5 Å². The van der Waals surface area contributed by atoms with Gasteiger partial charge in [-0.15, -0.1) is 0 Å². The average molecular weight is 324 g/mol. The summed E-state index contributed by atoms with van der Waals surface area (Å²) in [6.07, 6.45) is 0. The summed E-state index contributed by atoms with van der Waals surface area (Å²) in [5, 5.41) is 7.17. The molecule has 7 nitrogen and oxygen atoms in total. The van der Waals surface area contributed by atoms with Gasteiger partial charge in [-0.1, -0.05) is 0 Å². The van der Waals surface area contributed by atoms with Gasteiger partial charge in [0.15, 0.2) is 5.82 Å². The number of hydrogen-bond acceptors (Lipinski definition) is 4. The Morgan fingerprint density at radius 2 is 2.08 bits per heavy atom. The summed E-state index contributed by atoms with van der Waals surface area (Å²) in [6, 6.07) is 5.93. The fourth-order valence-electron chi connectivity index (χ4n) is 3.34. The summed E-state index contributed by atoms with van der Waals surface area (Å²) in [5.41, 5.74) is 10.5. The number of rotatable bonds is 3. The number of H-pyrrole nitrogens is 2. The van der Waals surface area contributed by atoms with Gasteiger partial charge in [0.05, 0.1) is 22.1 Å². The second kappa shape index (κ2) is 4.91. The maximum absolute atomic E-state index is 12.7. The Bertz CT molecular complexity index is 951. The van der Waals surface area contributed by atoms with Crippen LogP contribution < -0.4 is 10.6 Å². The van der Waals surface area contributed by atoms with Gasteiger partial charge >= 0.3 is 0 Å². The molecule has 1 amide bonds. The number of aryl methyl sites for hydroxylation is 1. The summed E-state index contributed by atoms with van der Waals surface area (Å²) in [6.45, 7) is 6.79. The van der Waals surface area contributed by atoms with Crippen molar-refractivity contribution in [2.24, 2.45) is 5.73 Å². The molecule has 1 aliphatic rings. The quantitative estimate of drug-likeness (QED) is 0.684. The molecule has 124 valence electrons. The van der Waals surface area contributed by atoms with Crippen LogP contribution in [0.25, 0.3) is 22.6 Å². The van der Waals surface area contributed by atoms with Gasteiger partial charge < -0.3 is 15.6 Å². The lowest BCUT2D eigenvalue weighted by atomic mass is 9.86. The number of nitrogens with one attached hydrogen (secondary N) is 2. The third-order valence-electron chi connectivity index (χ3n) is 4.64. The molecule has 7 heteroatoms. The van der Waals surface area contributed by atoms with E-state index in [1.165, 1.54) is 0 Å². The molecule has 0 fully saturated rings. The number of benzene rings is 1. The van der Waals surface area contributed by atoms with E-state index in [9.17, 15) is 4.79 Å². The SMILES string of the molecule is Cc1cc(-c2nc3cc4c(cc3[nH]2)C(C)(C)C(=O)N4CCN)n[nH]1. The second-order valence-corrected chi connectivity index (χ2v) is 6.78. The molecule has 2 aromatic heterocycles. The Morgan fingerprint density at radius 1 is 1.29 bits per heavy atom. The standard InChI is InChI=1S/C17H20N6O/c1-9-6-13(22-21-9)15-19-11-7-10-14(8-12(11)20-15)23(5-4-18)16(24)17(10,2)3/h6-8H,4-5,18H2,1-3H3,(H,19,20)(H,21,22). The zero-order valence-electron chi connectivity index (χ0n) is 14.0. The van der Waals surface area contributed by atoms with Gasteiger partial charge in [0.25, 0.3) is 0 Å². The summed E-state index contributed by atoms with van der Waals surface area (Å²) < 4.78 is 0. The minimum Gasteiger partial charge on any atom is -0.337 e. The van der Waals surface area contributed by atoms with E-state index in [4.69, 9.17) is 5.73 Å². The van der Waals surface area contributed by atoms with Crippen molar-refractivity contribution in [3.8, 4) is 11.5 Å². The lowest BCUT2D eigenvalue weighted by Crippen LogP contribution is -2.38. The Kier molecular flexibility index (Phi) is 3.05. The monoisotopic (exact) mass is 324 g/mol. The van der Waals surface area contributed by atoms with Gasteiger partial charge in [-0.25, -0.2) is 4.98 Å². The molecule has 0 radical (unpaired) electrons. The predicted molar refractivity (Wildman–Crippen MR) is 92.8 cm³/mol. The van der Waals surface area contributed by atoms with Crippen LogP contribution in [0.5, 0.6) is 0 Å². The average Bonchev–Trinajstić information content (AvgIpc) is 3.19. The normalized spacial score (nSPS) is 16.2. The second-order valence-electron chi connectivity index (χ2n) is 6.78. The summed E-state index contributed by atoms with van der Waals surface area (Å²) in [4.78, 5) is 22.4. The number of carbonyl (C=O) groups excluding carboxylic acids is 1. The van der Waals surface area contributed by atoms with Gasteiger partial charge in [0.2, 0.25) is 5.91 Å². The molecule has 3 heterocycles. The van der Waals surface area contributed by atoms with E-state index >= 15 is 0 Å². The minimum atomic E-state index is -0.563. The van der Waals surface area contributed by atoms with Crippen molar-refractivity contribution in [2.45, 2.75) is 26.2 Å². The molecule has 0 unspecified atom stereocenters. The van der Waals surface area contributed by atoms with Gasteiger partial charge in [-0.3, -0.25) is 9.89 Å². The highest BCUT2D eigenvalue weighted by atomic mass is 16.2. The zero-order valence-corrected chi connectivity index (χ0v) is 14.0. The smallest absolute Gasteiger partial charge is 0.237 e. The Balaban J connectivity index is 1.88. The van der Waals surface area contributed by atoms with Crippen LogP contribution >= 0.6 is 0 Å². The molecule has 1 aromatic carbocycles. The van der Waals surface area contributed by atoms with Crippen LogP contribution in [0.2, 0.25) is 0 Å². The number of amides is 1. The van der Waals surface area contributed by atoms with Crippen LogP contribution in [0, 0.1) is 6.92 Å². The fourth-order valence-corrected chi connectivity index (χ4v) is 3.34. The molecule has 3 aromatic rings. The number of imidazole rings is 1. The Labute approximate surface area is 139 Å². The van der Waals surface area contributed by atoms with Crippen molar-refractivity contribution >= 4 is 22.6 Å². The number of aromatic amines is 2. The lowest BCUT2D eigenvalue weighted by molar-refractivity contribution is -0.122. The topological polar surface area (TPSA) is 104 Å². The van der Waals surface area contributed by atoms with Crippen molar-refractivity contribution in [3.05, 3.63) is 29.5 Å². The first-order valence-electron chi connectivity index (χ1n) is 8.00. The van der Waals surface area contributed by atoms with E-state index in [1.807, 2.05) is 39.0 Å². The number of nitrogens with two attached hydrogens (primary N) is 1. The van der Waals surface area contributed by atoms with Crippen LogP contribution in [0.4, 0.5) is 5.69 Å². The highest BCUT2D eigenvalue weighted by Crippen LogP contribution is 2.43. The van der Waals surface area contributed by atoms with Crippen molar-refractivity contribution in [1.82, 2.24) is 20.2 Å². The van der Waals surface area contributed by atoms with E-state index in [0.29, 0.717) is 18.9 Å². The zero-order chi connectivity index (χ0) is 17.1. The molecule has 0 atom stereocenters. The molecule has 0 aliphatic carbocycles. The largest absolute Gasteiger partial charge is 0.337 e. The number of carbonyl (C=O) groups is 1. The first kappa shape index (κ1) is 14.9. The van der Waals surface area contributed by atoms with Crippen LogP contribution in [0.3, 0.4) is 0 Å². The van der Waals surface area contributed by atoms with Crippen molar-refractivity contribution in [2.75, 3.05) is 18.0 Å². The molecule has 4 N–H and O–H groups in total. The van der Waals surface area contributed by atoms with Crippen LogP contribution in [-0.2, 0) is 10.2 Å². The molecule has 4 rings (SSSR count). The first-order chi connectivity index (χ1) is 11.4. The van der Waals surface area contributed by atoms with Crippen LogP contribution in [0.15, 0.2) is 18.2 Å². The van der Waals surface area contributed by atoms with Gasteiger partial charge in [0, 0.05) is 18.8 Å². The highest BCUT2D eigenvalue weighted by molar-refractivity contribution is 6.09. The molecule has 0 saturated heterocycles. The molecular weight excluding hydrogens is 304 g/mol. The van der Waals surface area contributed by atoms with E-state index in [-0.39, 0.29) is 5.91 Å². The molecule has 1 aliphatic heterocycles. The summed E-state index contributed by atoms with van der Waals surface area (Å²) in [5.74, 6) is 0.797. The van der Waals surface area contributed by atoms with Crippen molar-refractivity contribution < 1.29 is 4.79 Å². The van der Waals surface area contributed by atoms with Crippen molar-refractivity contribution in [1.29, 1.82) is 0 Å². The molecule has 24 heavy (non-hydrogen) atoms. The molecule has 0 saturated carbocycles. The van der Waals surface area contributed by atoms with E-state index in [1.54, 1.807) is 4.90 Å². The van der Waals surface area contributed by atoms with Crippen LogP contribution in [-0.4, -0.2) is 39.2 Å². The Hall–Kier alpha value is -2.67. The highest BCUT2D eigenvalue weighted by Gasteiger charge is 2.43. The number of aromatic nitrogens is 4. The lowest BCUT2D eigenvalue weighted by Gasteiger charge is -2.19. The van der Waals surface area contributed by atoms with Crippen molar-refractivity contribution in [3.63, 3.8) is 0 Å². The van der Waals surface area contributed by atoms with E-state index in [0.717, 1.165) is 33.7 Å². The molecule has 0 bridgehead atoms. The summed E-state index contributed by atoms with van der Waals surface area (Å²) in [7, 11) is 0. The minimum absolute atomic E-state index is 0.0822. The number of hydrogen-bond donors (Lipinski definition) is 3. The summed E-state index contributed by atoms with van der Waals surface area (Å²) >= 11 is 0. The van der Waals surface area contributed by atoms with E-state index in [2.05, 4.69) is 20.2 Å². The third kappa shape index (κ3) is 1.98. The number of anilines is 1. The van der Waals surface area contributed by atoms with Gasteiger partial charge in [-0.2, -0.15) is 5.10 Å². The molecule has 0 spiro atoms. The molecular formula is C17H20N6O. The maximum atomic E-state index is 12.7. The first-order valence-corrected chi connectivity index (χ1v) is 8.00. The fraction of sp³-hybridized carbons (Fsp3) is 0.353. The van der Waals surface area contributed by atoms with Crippen LogP contribution in [0.1, 0.15) is 25.1 Å². The predicted octanol–water partition coefficient (Wildman–Crippen LogP) is 1.84. The van der Waals surface area contributed by atoms with Gasteiger partial charge in [0.1, 0.15) is 5.69 Å². The number of nitrogens with zero attached hydrogens (tertiary/aromatic N) is 3. The van der Waals surface area contributed by atoms with E-state index < -0.39 is 5.41 Å². The maximum Gasteiger partial charge on any atom is 0.237 e. The number of fused-ring (bicyclic) bond motifs is 2.